The summed E-state index contributed by atoms with van der Waals surface area (Å²) in [5, 5.41) is 0. The highest BCUT2D eigenvalue weighted by Gasteiger charge is 2.17. The molecule has 0 aliphatic carbocycles. The number of ether oxygens (including phenoxy) is 1. The van der Waals surface area contributed by atoms with Gasteiger partial charge in [-0.05, 0) is 44.0 Å². The summed E-state index contributed by atoms with van der Waals surface area (Å²) in [6.07, 6.45) is 4.00. The Labute approximate surface area is 107 Å². The minimum Gasteiger partial charge on any atom is -0.461 e. The summed E-state index contributed by atoms with van der Waals surface area (Å²) in [5.41, 5.74) is 3.70. The molecule has 2 heterocycles. The average molecular weight is 246 g/mol. The van der Waals surface area contributed by atoms with Crippen LogP contribution in [0, 0.1) is 13.8 Å². The molecule has 2 aromatic rings. The molecule has 4 nitrogen and oxygen atoms in total. The quantitative estimate of drug-likeness (QED) is 0.843. The van der Waals surface area contributed by atoms with E-state index in [9.17, 15) is 4.79 Å². The largest absolute Gasteiger partial charge is 0.461 e. The molecule has 0 unspecified atom stereocenters. The Morgan fingerprint density at radius 3 is 2.56 bits per heavy atom. The molecular formula is C14H18N2O2. The third-order valence-electron chi connectivity index (χ3n) is 3.15. The minimum absolute atomic E-state index is 0.281. The Balaban J connectivity index is 2.27. The Morgan fingerprint density at radius 1 is 1.28 bits per heavy atom. The van der Waals surface area contributed by atoms with Crippen LogP contribution in [0.3, 0.4) is 0 Å². The molecule has 18 heavy (non-hydrogen) atoms. The van der Waals surface area contributed by atoms with Crippen LogP contribution < -0.4 is 0 Å². The van der Waals surface area contributed by atoms with Crippen molar-refractivity contribution in [2.45, 2.75) is 27.3 Å². The molecule has 2 rings (SSSR count). The standard InChI is InChI=1S/C14H18N2O2/c1-4-18-14(17)13-11(3)10(2)12(15-13)9-16-7-5-6-8-16/h5-8,15H,4,9H2,1-3H3. The topological polar surface area (TPSA) is 47.0 Å². The molecule has 4 heteroatoms. The Kier molecular flexibility index (Phi) is 3.55. The lowest BCUT2D eigenvalue weighted by molar-refractivity contribution is 0.0519. The number of nitrogens with zero attached hydrogens (tertiary/aromatic N) is 1. The summed E-state index contributed by atoms with van der Waals surface area (Å²) >= 11 is 0. The van der Waals surface area contributed by atoms with Gasteiger partial charge in [-0.2, -0.15) is 0 Å². The molecule has 0 spiro atoms. The lowest BCUT2D eigenvalue weighted by atomic mass is 10.1. The summed E-state index contributed by atoms with van der Waals surface area (Å²) in [6.45, 7) is 6.90. The molecule has 96 valence electrons. The zero-order valence-corrected chi connectivity index (χ0v) is 11.0. The molecule has 0 aromatic carbocycles. The third-order valence-corrected chi connectivity index (χ3v) is 3.15. The smallest absolute Gasteiger partial charge is 0.355 e. The summed E-state index contributed by atoms with van der Waals surface area (Å²) in [7, 11) is 0. The zero-order valence-electron chi connectivity index (χ0n) is 11.0. The summed E-state index contributed by atoms with van der Waals surface area (Å²) in [5.74, 6) is -0.281. The van der Waals surface area contributed by atoms with Gasteiger partial charge in [-0.25, -0.2) is 4.79 Å². The molecule has 0 atom stereocenters. The summed E-state index contributed by atoms with van der Waals surface area (Å²) in [6, 6.07) is 3.97. The van der Waals surface area contributed by atoms with E-state index in [2.05, 4.69) is 9.55 Å². The lowest BCUT2D eigenvalue weighted by Crippen LogP contribution is -2.07. The number of aromatic nitrogens is 2. The van der Waals surface area contributed by atoms with Gasteiger partial charge in [-0.15, -0.1) is 0 Å². The fraction of sp³-hybridized carbons (Fsp3) is 0.357. The second kappa shape index (κ2) is 5.12. The number of aromatic amines is 1. The fourth-order valence-electron chi connectivity index (χ4n) is 1.98. The van der Waals surface area contributed by atoms with E-state index < -0.39 is 0 Å². The van der Waals surface area contributed by atoms with E-state index in [4.69, 9.17) is 4.74 Å². The number of rotatable bonds is 4. The van der Waals surface area contributed by atoms with Gasteiger partial charge >= 0.3 is 5.97 Å². The van der Waals surface area contributed by atoms with E-state index in [0.29, 0.717) is 12.3 Å². The van der Waals surface area contributed by atoms with Crippen LogP contribution in [0.1, 0.15) is 34.2 Å². The number of esters is 1. The monoisotopic (exact) mass is 246 g/mol. The van der Waals surface area contributed by atoms with Crippen molar-refractivity contribution in [1.82, 2.24) is 9.55 Å². The van der Waals surface area contributed by atoms with Crippen molar-refractivity contribution in [3.05, 3.63) is 47.0 Å². The third kappa shape index (κ3) is 2.32. The Morgan fingerprint density at radius 2 is 1.94 bits per heavy atom. The number of carbonyl (C=O) groups excluding carboxylic acids is 1. The van der Waals surface area contributed by atoms with E-state index in [0.717, 1.165) is 23.4 Å². The van der Waals surface area contributed by atoms with Crippen molar-refractivity contribution in [2.24, 2.45) is 0 Å². The van der Waals surface area contributed by atoms with E-state index in [1.807, 2.05) is 45.3 Å². The molecule has 0 amide bonds. The Hall–Kier alpha value is -1.97. The molecule has 0 bridgehead atoms. The number of hydrogen-bond donors (Lipinski definition) is 1. The predicted octanol–water partition coefficient (Wildman–Crippen LogP) is 2.66. The van der Waals surface area contributed by atoms with Crippen LogP contribution in [0.25, 0.3) is 0 Å². The van der Waals surface area contributed by atoms with E-state index in [-0.39, 0.29) is 5.97 Å². The summed E-state index contributed by atoms with van der Waals surface area (Å²) in [4.78, 5) is 15.0. The highest BCUT2D eigenvalue weighted by atomic mass is 16.5. The van der Waals surface area contributed by atoms with Crippen molar-refractivity contribution in [3.8, 4) is 0 Å². The van der Waals surface area contributed by atoms with Crippen LogP contribution in [-0.4, -0.2) is 22.1 Å². The predicted molar refractivity (Wildman–Crippen MR) is 69.8 cm³/mol. The van der Waals surface area contributed by atoms with Crippen molar-refractivity contribution in [2.75, 3.05) is 6.61 Å². The van der Waals surface area contributed by atoms with Gasteiger partial charge in [0.15, 0.2) is 0 Å². The van der Waals surface area contributed by atoms with Crippen molar-refractivity contribution >= 4 is 5.97 Å². The number of nitrogens with one attached hydrogen (secondary N) is 1. The van der Waals surface area contributed by atoms with Gasteiger partial charge in [0.1, 0.15) is 5.69 Å². The Bertz CT molecular complexity index is 538. The van der Waals surface area contributed by atoms with E-state index >= 15 is 0 Å². The van der Waals surface area contributed by atoms with Crippen LogP contribution in [0.2, 0.25) is 0 Å². The normalized spacial score (nSPS) is 10.6. The second-order valence-corrected chi connectivity index (χ2v) is 4.30. The van der Waals surface area contributed by atoms with Crippen molar-refractivity contribution in [1.29, 1.82) is 0 Å². The van der Waals surface area contributed by atoms with Crippen LogP contribution in [-0.2, 0) is 11.3 Å². The first-order valence-electron chi connectivity index (χ1n) is 6.09. The fourth-order valence-corrected chi connectivity index (χ4v) is 1.98. The van der Waals surface area contributed by atoms with Gasteiger partial charge in [-0.1, -0.05) is 0 Å². The minimum atomic E-state index is -0.281. The van der Waals surface area contributed by atoms with Crippen LogP contribution >= 0.6 is 0 Å². The van der Waals surface area contributed by atoms with Gasteiger partial charge in [0.25, 0.3) is 0 Å². The van der Waals surface area contributed by atoms with E-state index in [1.54, 1.807) is 0 Å². The molecule has 0 aliphatic heterocycles. The van der Waals surface area contributed by atoms with Crippen LogP contribution in [0.5, 0.6) is 0 Å². The van der Waals surface area contributed by atoms with Crippen LogP contribution in [0.15, 0.2) is 24.5 Å². The number of carbonyl (C=O) groups is 1. The molecule has 2 aromatic heterocycles. The molecule has 0 saturated carbocycles. The van der Waals surface area contributed by atoms with Crippen molar-refractivity contribution < 1.29 is 9.53 Å². The first-order chi connectivity index (χ1) is 8.63. The van der Waals surface area contributed by atoms with Gasteiger partial charge in [0, 0.05) is 18.1 Å². The van der Waals surface area contributed by atoms with Gasteiger partial charge < -0.3 is 14.3 Å². The molecule has 0 saturated heterocycles. The first-order valence-corrected chi connectivity index (χ1v) is 6.09. The molecule has 0 radical (unpaired) electrons. The average Bonchev–Trinajstić information content (AvgIpc) is 2.93. The molecule has 0 fully saturated rings. The zero-order chi connectivity index (χ0) is 13.1. The molecule has 1 N–H and O–H groups in total. The maximum atomic E-state index is 11.8. The SMILES string of the molecule is CCOC(=O)c1[nH]c(Cn2cccc2)c(C)c1C. The van der Waals surface area contributed by atoms with Gasteiger partial charge in [0.2, 0.25) is 0 Å². The van der Waals surface area contributed by atoms with Crippen LogP contribution in [0.4, 0.5) is 0 Å². The maximum Gasteiger partial charge on any atom is 0.355 e. The van der Waals surface area contributed by atoms with Gasteiger partial charge in [0.05, 0.1) is 13.2 Å². The number of H-pyrrole nitrogens is 1. The summed E-state index contributed by atoms with van der Waals surface area (Å²) < 4.78 is 7.10. The highest BCUT2D eigenvalue weighted by molar-refractivity contribution is 5.89. The number of hydrogen-bond acceptors (Lipinski definition) is 2. The highest BCUT2D eigenvalue weighted by Crippen LogP contribution is 2.19. The molecular weight excluding hydrogens is 228 g/mol. The van der Waals surface area contributed by atoms with Gasteiger partial charge in [-0.3, -0.25) is 0 Å². The first kappa shape index (κ1) is 12.5. The molecule has 0 aliphatic rings. The lowest BCUT2D eigenvalue weighted by Gasteiger charge is -2.02. The maximum absolute atomic E-state index is 11.8. The van der Waals surface area contributed by atoms with Crippen molar-refractivity contribution in [3.63, 3.8) is 0 Å². The second-order valence-electron chi connectivity index (χ2n) is 4.30. The van der Waals surface area contributed by atoms with E-state index in [1.165, 1.54) is 0 Å².